The van der Waals surface area contributed by atoms with Crippen LogP contribution in [0.3, 0.4) is 0 Å². The predicted molar refractivity (Wildman–Crippen MR) is 115 cm³/mol. The van der Waals surface area contributed by atoms with Crippen molar-refractivity contribution in [2.75, 3.05) is 13.6 Å². The first-order valence-corrected chi connectivity index (χ1v) is 10.7. The fourth-order valence-electron chi connectivity index (χ4n) is 3.48. The lowest BCUT2D eigenvalue weighted by molar-refractivity contribution is 0.436. The highest BCUT2D eigenvalue weighted by Crippen LogP contribution is 2.41. The highest BCUT2D eigenvalue weighted by Gasteiger charge is 2.25. The maximum absolute atomic E-state index is 9.72. The molecule has 0 atom stereocenters. The number of ether oxygens (including phenoxy) is 1. The monoisotopic (exact) mass is 396 g/mol. The quantitative estimate of drug-likeness (QED) is 0.438. The number of hydrogen-bond donors (Lipinski definition) is 0. The third-order valence-electron chi connectivity index (χ3n) is 5.38. The molecular weight excluding hydrogens is 368 g/mol. The van der Waals surface area contributed by atoms with Crippen molar-refractivity contribution in [3.8, 4) is 16.9 Å². The van der Waals surface area contributed by atoms with Crippen molar-refractivity contribution in [2.45, 2.75) is 58.8 Å². The molecule has 0 spiro atoms. The van der Waals surface area contributed by atoms with E-state index in [-0.39, 0.29) is 0 Å². The summed E-state index contributed by atoms with van der Waals surface area (Å²) >= 11 is 1.29. The van der Waals surface area contributed by atoms with Gasteiger partial charge in [0.2, 0.25) is 5.06 Å². The topological polar surface area (TPSA) is 61.5 Å². The average Bonchev–Trinajstić information content (AvgIpc) is 3.12. The number of aliphatic imine (C=N–C) groups is 1. The summed E-state index contributed by atoms with van der Waals surface area (Å²) < 4.78 is 10.8. The second-order valence-corrected chi connectivity index (χ2v) is 8.24. The smallest absolute Gasteiger partial charge is 0.218 e. The Bertz CT molecular complexity index is 891. The van der Waals surface area contributed by atoms with E-state index in [2.05, 4.69) is 22.4 Å². The minimum absolute atomic E-state index is 0.395. The summed E-state index contributed by atoms with van der Waals surface area (Å²) in [4.78, 5) is 6.60. The van der Waals surface area contributed by atoms with Crippen LogP contribution in [0.25, 0.3) is 0 Å². The van der Waals surface area contributed by atoms with Gasteiger partial charge in [-0.1, -0.05) is 19.3 Å². The lowest BCUT2D eigenvalue weighted by Crippen LogP contribution is -2.14. The first-order valence-electron chi connectivity index (χ1n) is 9.96. The van der Waals surface area contributed by atoms with Gasteiger partial charge in [0.1, 0.15) is 17.4 Å². The van der Waals surface area contributed by atoms with E-state index in [0.29, 0.717) is 16.5 Å². The van der Waals surface area contributed by atoms with E-state index in [4.69, 9.17) is 4.74 Å². The van der Waals surface area contributed by atoms with Gasteiger partial charge < -0.3 is 9.64 Å². The molecule has 3 rings (SSSR count). The van der Waals surface area contributed by atoms with Crippen LogP contribution in [0.5, 0.6) is 10.8 Å². The maximum atomic E-state index is 9.72. The second-order valence-electron chi connectivity index (χ2n) is 7.50. The fraction of sp³-hybridized carbons (Fsp3) is 0.500. The molecule has 6 heteroatoms. The fourth-order valence-corrected chi connectivity index (χ4v) is 4.27. The highest BCUT2D eigenvalue weighted by molar-refractivity contribution is 7.08. The molecule has 1 heterocycles. The minimum Gasteiger partial charge on any atom is -0.443 e. The van der Waals surface area contributed by atoms with Crippen LogP contribution in [0, 0.1) is 25.2 Å². The van der Waals surface area contributed by atoms with E-state index in [1.165, 1.54) is 30.8 Å². The van der Waals surface area contributed by atoms with Gasteiger partial charge in [-0.25, -0.2) is 4.99 Å². The SMILES string of the molecule is CCN(C)/C=N\c1cc(C)c(Oc2snc(C3CCCCC3)c2C#N)cc1C. The van der Waals surface area contributed by atoms with Gasteiger partial charge in [-0.2, -0.15) is 9.64 Å². The highest BCUT2D eigenvalue weighted by atomic mass is 32.1. The molecule has 5 nitrogen and oxygen atoms in total. The molecular formula is C22H28N4OS. The van der Waals surface area contributed by atoms with Crippen molar-refractivity contribution < 1.29 is 4.74 Å². The Morgan fingerprint density at radius 2 is 2.04 bits per heavy atom. The average molecular weight is 397 g/mol. The second kappa shape index (κ2) is 9.20. The molecule has 0 radical (unpaired) electrons. The van der Waals surface area contributed by atoms with Gasteiger partial charge in [0, 0.05) is 31.0 Å². The Morgan fingerprint density at radius 1 is 1.29 bits per heavy atom. The zero-order valence-electron chi connectivity index (χ0n) is 17.2. The Kier molecular flexibility index (Phi) is 6.69. The van der Waals surface area contributed by atoms with Crippen LogP contribution < -0.4 is 4.74 Å². The standard InChI is InChI=1S/C22H28N4OS/c1-5-26(4)14-24-19-11-16(3)20(12-15(19)2)27-22-18(13-23)21(25-28-22)17-9-7-6-8-10-17/h11-12,14,17H,5-10H2,1-4H3/b24-14-. The van der Waals surface area contributed by atoms with E-state index >= 15 is 0 Å². The molecule has 0 aliphatic heterocycles. The first-order chi connectivity index (χ1) is 13.5. The van der Waals surface area contributed by atoms with Gasteiger partial charge in [0.25, 0.3) is 0 Å². The molecule has 1 aromatic heterocycles. The van der Waals surface area contributed by atoms with Crippen LogP contribution in [-0.2, 0) is 0 Å². The predicted octanol–water partition coefficient (Wildman–Crippen LogP) is 6.08. The van der Waals surface area contributed by atoms with Crippen molar-refractivity contribution in [2.24, 2.45) is 4.99 Å². The zero-order valence-corrected chi connectivity index (χ0v) is 18.0. The summed E-state index contributed by atoms with van der Waals surface area (Å²) in [6, 6.07) is 6.36. The Balaban J connectivity index is 1.84. The molecule has 1 aromatic carbocycles. The van der Waals surface area contributed by atoms with Gasteiger partial charge in [0.15, 0.2) is 0 Å². The summed E-state index contributed by atoms with van der Waals surface area (Å²) in [6.45, 7) is 7.03. The Morgan fingerprint density at radius 3 is 2.71 bits per heavy atom. The van der Waals surface area contributed by atoms with Gasteiger partial charge in [0.05, 0.1) is 17.7 Å². The molecule has 1 aliphatic rings. The molecule has 0 amide bonds. The molecule has 0 N–H and O–H groups in total. The van der Waals surface area contributed by atoms with Crippen LogP contribution in [0.4, 0.5) is 5.69 Å². The molecule has 1 fully saturated rings. The van der Waals surface area contributed by atoms with E-state index in [0.717, 1.165) is 47.6 Å². The summed E-state index contributed by atoms with van der Waals surface area (Å²) in [5.41, 5.74) is 4.50. The number of benzene rings is 1. The van der Waals surface area contributed by atoms with Crippen molar-refractivity contribution in [1.29, 1.82) is 5.26 Å². The summed E-state index contributed by atoms with van der Waals surface area (Å²) in [6.07, 6.45) is 7.81. The largest absolute Gasteiger partial charge is 0.443 e. The number of nitriles is 1. The minimum atomic E-state index is 0.395. The number of aryl methyl sites for hydroxylation is 2. The van der Waals surface area contributed by atoms with Crippen LogP contribution in [0.15, 0.2) is 17.1 Å². The lowest BCUT2D eigenvalue weighted by Gasteiger charge is -2.19. The van der Waals surface area contributed by atoms with Crippen LogP contribution in [0.2, 0.25) is 0 Å². The number of rotatable bonds is 6. The lowest BCUT2D eigenvalue weighted by atomic mass is 9.86. The number of aromatic nitrogens is 1. The number of nitrogens with zero attached hydrogens (tertiary/aromatic N) is 4. The molecule has 0 saturated heterocycles. The van der Waals surface area contributed by atoms with Crippen LogP contribution in [0.1, 0.15) is 67.3 Å². The van der Waals surface area contributed by atoms with Gasteiger partial charge >= 0.3 is 0 Å². The van der Waals surface area contributed by atoms with E-state index in [1.54, 1.807) is 0 Å². The van der Waals surface area contributed by atoms with Crippen LogP contribution in [-0.4, -0.2) is 29.2 Å². The summed E-state index contributed by atoms with van der Waals surface area (Å²) in [5, 5.41) is 10.3. The maximum Gasteiger partial charge on any atom is 0.218 e. The molecule has 148 valence electrons. The van der Waals surface area contributed by atoms with Crippen molar-refractivity contribution >= 4 is 23.6 Å². The first kappa shape index (κ1) is 20.3. The van der Waals surface area contributed by atoms with Crippen molar-refractivity contribution in [1.82, 2.24) is 9.27 Å². The normalized spacial score (nSPS) is 15.0. The third kappa shape index (κ3) is 4.53. The molecule has 28 heavy (non-hydrogen) atoms. The molecule has 2 aromatic rings. The van der Waals surface area contributed by atoms with Gasteiger partial charge in [-0.3, -0.25) is 0 Å². The van der Waals surface area contributed by atoms with E-state index < -0.39 is 0 Å². The Hall–Kier alpha value is -2.39. The van der Waals surface area contributed by atoms with Crippen LogP contribution >= 0.6 is 11.5 Å². The van der Waals surface area contributed by atoms with Crippen molar-refractivity contribution in [3.63, 3.8) is 0 Å². The third-order valence-corrected chi connectivity index (χ3v) is 6.12. The molecule has 0 unspecified atom stereocenters. The van der Waals surface area contributed by atoms with Gasteiger partial charge in [-0.05, 0) is 56.9 Å². The summed E-state index contributed by atoms with van der Waals surface area (Å²) in [7, 11) is 2.00. The van der Waals surface area contributed by atoms with Crippen molar-refractivity contribution in [3.05, 3.63) is 34.5 Å². The number of hydrogen-bond acceptors (Lipinski definition) is 5. The van der Waals surface area contributed by atoms with E-state index in [9.17, 15) is 5.26 Å². The Labute approximate surface area is 171 Å². The molecule has 1 saturated carbocycles. The molecule has 1 aliphatic carbocycles. The molecule has 0 bridgehead atoms. The van der Waals surface area contributed by atoms with E-state index in [1.807, 2.05) is 44.3 Å². The summed E-state index contributed by atoms with van der Waals surface area (Å²) in [5.74, 6) is 1.16. The van der Waals surface area contributed by atoms with Gasteiger partial charge in [-0.15, -0.1) is 0 Å². The zero-order chi connectivity index (χ0) is 20.1.